The third-order valence-electron chi connectivity index (χ3n) is 4.03. The molecule has 1 saturated heterocycles. The monoisotopic (exact) mass is 345 g/mol. The van der Waals surface area contributed by atoms with Gasteiger partial charge in [0, 0.05) is 16.6 Å². The lowest BCUT2D eigenvalue weighted by molar-refractivity contribution is -0.138. The molecule has 122 valence electrons. The van der Waals surface area contributed by atoms with E-state index in [1.54, 1.807) is 36.9 Å². The van der Waals surface area contributed by atoms with Crippen LogP contribution in [-0.2, 0) is 4.79 Å². The number of amides is 1. The molecular formula is C16H21Cl2NO3. The number of carbonyl (C=O) groups is 1. The van der Waals surface area contributed by atoms with Crippen molar-refractivity contribution in [3.8, 4) is 0 Å². The van der Waals surface area contributed by atoms with E-state index in [1.165, 1.54) is 0 Å². The van der Waals surface area contributed by atoms with Gasteiger partial charge in [-0.3, -0.25) is 4.79 Å². The first kappa shape index (κ1) is 17.5. The van der Waals surface area contributed by atoms with Crippen LogP contribution in [0.2, 0.25) is 10.0 Å². The zero-order valence-corrected chi connectivity index (χ0v) is 14.2. The number of hydrogen-bond donors (Lipinski definition) is 2. The molecule has 0 spiro atoms. The summed E-state index contributed by atoms with van der Waals surface area (Å²) in [4.78, 5) is 14.1. The van der Waals surface area contributed by atoms with Gasteiger partial charge in [0.25, 0.3) is 0 Å². The first-order chi connectivity index (χ1) is 10.2. The molecule has 1 aliphatic rings. The number of hydrogen-bond acceptors (Lipinski definition) is 3. The molecule has 0 bridgehead atoms. The highest BCUT2D eigenvalue weighted by molar-refractivity contribution is 6.34. The van der Waals surface area contributed by atoms with Crippen LogP contribution < -0.4 is 0 Å². The van der Waals surface area contributed by atoms with E-state index in [0.29, 0.717) is 22.2 Å². The van der Waals surface area contributed by atoms with E-state index >= 15 is 0 Å². The van der Waals surface area contributed by atoms with Gasteiger partial charge in [-0.2, -0.15) is 0 Å². The second-order valence-electron chi connectivity index (χ2n) is 6.32. The highest BCUT2D eigenvalue weighted by atomic mass is 35.5. The van der Waals surface area contributed by atoms with Gasteiger partial charge >= 0.3 is 0 Å². The average molecular weight is 346 g/mol. The molecule has 2 rings (SSSR count). The zero-order chi connectivity index (χ0) is 16.5. The third-order valence-corrected chi connectivity index (χ3v) is 4.46. The summed E-state index contributed by atoms with van der Waals surface area (Å²) in [6, 6.07) is 4.56. The highest BCUT2D eigenvalue weighted by Crippen LogP contribution is 2.30. The average Bonchev–Trinajstić information content (AvgIpc) is 2.86. The Kier molecular flexibility index (Phi) is 5.38. The van der Waals surface area contributed by atoms with Gasteiger partial charge in [-0.25, -0.2) is 0 Å². The minimum atomic E-state index is -0.966. The number of nitrogens with zero attached hydrogens (tertiary/aromatic N) is 1. The van der Waals surface area contributed by atoms with Crippen molar-refractivity contribution >= 4 is 29.1 Å². The number of halogens is 2. The Hall–Kier alpha value is -0.810. The van der Waals surface area contributed by atoms with Crippen molar-refractivity contribution in [2.45, 2.75) is 50.9 Å². The minimum Gasteiger partial charge on any atom is -0.388 e. The first-order valence-electron chi connectivity index (χ1n) is 7.34. The molecule has 6 heteroatoms. The molecule has 1 aromatic rings. The Balaban J connectivity index is 2.08. The fourth-order valence-electron chi connectivity index (χ4n) is 2.97. The number of aliphatic hydroxyl groups excluding tert-OH is 1. The number of benzene rings is 1. The van der Waals surface area contributed by atoms with Crippen LogP contribution >= 0.6 is 23.2 Å². The van der Waals surface area contributed by atoms with Crippen LogP contribution in [0.5, 0.6) is 0 Å². The molecule has 4 nitrogen and oxygen atoms in total. The van der Waals surface area contributed by atoms with E-state index in [-0.39, 0.29) is 18.4 Å². The van der Waals surface area contributed by atoms with Crippen LogP contribution in [0.4, 0.5) is 0 Å². The lowest BCUT2D eigenvalue weighted by Crippen LogP contribution is -2.48. The summed E-state index contributed by atoms with van der Waals surface area (Å²) in [7, 11) is 0. The van der Waals surface area contributed by atoms with E-state index in [2.05, 4.69) is 0 Å². The van der Waals surface area contributed by atoms with Crippen molar-refractivity contribution in [1.29, 1.82) is 0 Å². The second kappa shape index (κ2) is 6.75. The second-order valence-corrected chi connectivity index (χ2v) is 7.19. The predicted molar refractivity (Wildman–Crippen MR) is 87.1 cm³/mol. The summed E-state index contributed by atoms with van der Waals surface area (Å²) < 4.78 is 0. The normalized spacial score (nSPS) is 20.3. The number of rotatable bonds is 4. The van der Waals surface area contributed by atoms with Crippen molar-refractivity contribution in [3.63, 3.8) is 0 Å². The van der Waals surface area contributed by atoms with Crippen molar-refractivity contribution in [2.75, 3.05) is 6.54 Å². The Morgan fingerprint density at radius 3 is 2.50 bits per heavy atom. The van der Waals surface area contributed by atoms with Crippen LogP contribution in [0.15, 0.2) is 18.2 Å². The lowest BCUT2D eigenvalue weighted by Gasteiger charge is -2.34. The quantitative estimate of drug-likeness (QED) is 0.880. The van der Waals surface area contributed by atoms with Gasteiger partial charge in [-0.1, -0.05) is 23.2 Å². The highest BCUT2D eigenvalue weighted by Gasteiger charge is 2.38. The molecule has 1 heterocycles. The number of carbonyl (C=O) groups excluding carboxylic acids is 1. The molecule has 2 N–H and O–H groups in total. The van der Waals surface area contributed by atoms with Crippen LogP contribution in [0.25, 0.3) is 0 Å². The van der Waals surface area contributed by atoms with Crippen molar-refractivity contribution in [1.82, 2.24) is 4.90 Å². The Morgan fingerprint density at radius 2 is 1.95 bits per heavy atom. The molecule has 1 amide bonds. The smallest absolute Gasteiger partial charge is 0.225 e. The summed E-state index contributed by atoms with van der Waals surface area (Å²) in [6.45, 7) is 4.02. The molecule has 2 atom stereocenters. The van der Waals surface area contributed by atoms with E-state index in [4.69, 9.17) is 23.2 Å². The largest absolute Gasteiger partial charge is 0.388 e. The maximum atomic E-state index is 12.4. The summed E-state index contributed by atoms with van der Waals surface area (Å²) >= 11 is 11.8. The van der Waals surface area contributed by atoms with Crippen LogP contribution in [0, 0.1) is 0 Å². The molecule has 2 unspecified atom stereocenters. The van der Waals surface area contributed by atoms with Gasteiger partial charge in [0.1, 0.15) is 0 Å². The van der Waals surface area contributed by atoms with E-state index in [1.807, 2.05) is 0 Å². The van der Waals surface area contributed by atoms with E-state index in [0.717, 1.165) is 12.8 Å². The molecule has 0 saturated carbocycles. The zero-order valence-electron chi connectivity index (χ0n) is 12.7. The van der Waals surface area contributed by atoms with Crippen LogP contribution in [0.1, 0.15) is 44.8 Å². The fourth-order valence-corrected chi connectivity index (χ4v) is 3.51. The summed E-state index contributed by atoms with van der Waals surface area (Å²) in [5, 5.41) is 21.3. The minimum absolute atomic E-state index is 0.0523. The van der Waals surface area contributed by atoms with Crippen molar-refractivity contribution in [3.05, 3.63) is 33.8 Å². The van der Waals surface area contributed by atoms with Crippen molar-refractivity contribution in [2.24, 2.45) is 0 Å². The van der Waals surface area contributed by atoms with Crippen LogP contribution in [-0.4, -0.2) is 39.2 Å². The molecule has 1 fully saturated rings. The lowest BCUT2D eigenvalue weighted by atomic mass is 9.96. The molecule has 22 heavy (non-hydrogen) atoms. The molecule has 1 aliphatic heterocycles. The van der Waals surface area contributed by atoms with Gasteiger partial charge < -0.3 is 15.1 Å². The van der Waals surface area contributed by atoms with Crippen molar-refractivity contribution < 1.29 is 15.0 Å². The number of likely N-dealkylation sites (tertiary alicyclic amines) is 1. The molecular weight excluding hydrogens is 325 g/mol. The maximum Gasteiger partial charge on any atom is 0.225 e. The summed E-state index contributed by atoms with van der Waals surface area (Å²) in [6.07, 6.45) is 0.614. The van der Waals surface area contributed by atoms with E-state index < -0.39 is 11.7 Å². The Morgan fingerprint density at radius 1 is 1.36 bits per heavy atom. The molecule has 0 aliphatic carbocycles. The van der Waals surface area contributed by atoms with Gasteiger partial charge in [-0.15, -0.1) is 0 Å². The molecule has 0 aromatic heterocycles. The maximum absolute atomic E-state index is 12.4. The van der Waals surface area contributed by atoms with Gasteiger partial charge in [0.2, 0.25) is 5.91 Å². The first-order valence-corrected chi connectivity index (χ1v) is 8.10. The SMILES string of the molecule is CC(C)(O)C1CCCN1C(=O)CC(O)c1cc(Cl)cc(Cl)c1. The van der Waals surface area contributed by atoms with Gasteiger partial charge in [0.05, 0.1) is 24.2 Å². The van der Waals surface area contributed by atoms with Gasteiger partial charge in [-0.05, 0) is 50.5 Å². The number of aliphatic hydroxyl groups is 2. The standard InChI is InChI=1S/C16H21Cl2NO3/c1-16(2,22)14-4-3-5-19(14)15(21)9-13(20)10-6-11(17)8-12(18)7-10/h6-8,13-14,20,22H,3-5,9H2,1-2H3. The Labute approximate surface area is 140 Å². The van der Waals surface area contributed by atoms with Gasteiger partial charge in [0.15, 0.2) is 0 Å². The molecule has 1 aromatic carbocycles. The Bertz CT molecular complexity index is 537. The fraction of sp³-hybridized carbons (Fsp3) is 0.562. The topological polar surface area (TPSA) is 60.8 Å². The summed E-state index contributed by atoms with van der Waals surface area (Å²) in [5.74, 6) is -0.173. The predicted octanol–water partition coefficient (Wildman–Crippen LogP) is 3.18. The van der Waals surface area contributed by atoms with E-state index in [9.17, 15) is 15.0 Å². The third kappa shape index (κ3) is 4.13. The summed E-state index contributed by atoms with van der Waals surface area (Å²) in [5.41, 5.74) is -0.430. The van der Waals surface area contributed by atoms with Crippen LogP contribution in [0.3, 0.4) is 0 Å². The molecule has 0 radical (unpaired) electrons.